The molecule has 5 rings (SSSR count). The summed E-state index contributed by atoms with van der Waals surface area (Å²) in [6.07, 6.45) is 1.52. The Morgan fingerprint density at radius 3 is 2.76 bits per heavy atom. The number of fused-ring (bicyclic) bond motifs is 1. The highest BCUT2D eigenvalue weighted by atomic mass is 35.5. The minimum atomic E-state index is -0.552. The minimum Gasteiger partial charge on any atom is -0.312 e. The van der Waals surface area contributed by atoms with Gasteiger partial charge in [0.1, 0.15) is 11.2 Å². The van der Waals surface area contributed by atoms with E-state index in [9.17, 15) is 14.4 Å². The number of carbonyl (C=O) groups is 2. The van der Waals surface area contributed by atoms with Crippen LogP contribution < -0.4 is 15.8 Å². The van der Waals surface area contributed by atoms with E-state index >= 15 is 0 Å². The quantitative estimate of drug-likeness (QED) is 0.471. The van der Waals surface area contributed by atoms with Gasteiger partial charge in [-0.25, -0.2) is 0 Å². The zero-order valence-electron chi connectivity index (χ0n) is 17.7. The number of benzene rings is 1. The Kier molecular flexibility index (Phi) is 4.97. The van der Waals surface area contributed by atoms with Crippen molar-refractivity contribution < 1.29 is 9.59 Å². The molecule has 12 heteroatoms. The first-order valence-corrected chi connectivity index (χ1v) is 10.5. The van der Waals surface area contributed by atoms with Crippen LogP contribution in [0.25, 0.3) is 17.0 Å². The third kappa shape index (κ3) is 3.76. The highest BCUT2D eigenvalue weighted by Crippen LogP contribution is 2.27. The zero-order chi connectivity index (χ0) is 23.3. The molecule has 0 aliphatic carbocycles. The Hall–Kier alpha value is -3.99. The normalized spacial score (nSPS) is 16.0. The lowest BCUT2D eigenvalue weighted by Gasteiger charge is -2.17. The van der Waals surface area contributed by atoms with Gasteiger partial charge in [-0.05, 0) is 31.2 Å². The van der Waals surface area contributed by atoms with Gasteiger partial charge in [-0.15, -0.1) is 0 Å². The first-order chi connectivity index (χ1) is 15.8. The van der Waals surface area contributed by atoms with Gasteiger partial charge < -0.3 is 10.2 Å². The fraction of sp³-hybridized carbons (Fsp3) is 0.238. The summed E-state index contributed by atoms with van der Waals surface area (Å²) in [5.74, 6) is -0.549. The molecule has 0 radical (unpaired) electrons. The van der Waals surface area contributed by atoms with Gasteiger partial charge in [0.25, 0.3) is 5.56 Å². The molecule has 33 heavy (non-hydrogen) atoms. The second kappa shape index (κ2) is 7.85. The topological polar surface area (TPSA) is 131 Å². The molecule has 1 aliphatic rings. The van der Waals surface area contributed by atoms with E-state index in [1.54, 1.807) is 49.2 Å². The van der Waals surface area contributed by atoms with Crippen LogP contribution in [0, 0.1) is 12.8 Å². The third-order valence-electron chi connectivity index (χ3n) is 5.51. The Balaban J connectivity index is 1.40. The number of aromatic amines is 1. The van der Waals surface area contributed by atoms with E-state index in [4.69, 9.17) is 11.6 Å². The fourth-order valence-corrected chi connectivity index (χ4v) is 3.98. The summed E-state index contributed by atoms with van der Waals surface area (Å²) in [4.78, 5) is 46.7. The summed E-state index contributed by atoms with van der Waals surface area (Å²) < 4.78 is 2.84. The van der Waals surface area contributed by atoms with Crippen molar-refractivity contribution in [3.05, 3.63) is 57.6 Å². The number of nitrogens with one attached hydrogen (secondary N) is 2. The number of amides is 2. The number of hydrogen-bond donors (Lipinski definition) is 2. The average molecular weight is 467 g/mol. The number of halogens is 1. The first kappa shape index (κ1) is 20.9. The number of carbonyl (C=O) groups excluding carboxylic acids is 2. The standard InChI is InChI=1S/C21H19ClN8O3/c1-11-7-16(30(27-11)21-25-18-15(20(33)26-21)9-23-28(18)2)24-19(32)12-8-17(31)29(10-12)14-5-3-13(22)4-6-14/h3-7,9,12H,8,10H2,1-2H3,(H,24,32)(H,25,26,33). The van der Waals surface area contributed by atoms with Crippen LogP contribution in [-0.2, 0) is 16.6 Å². The maximum Gasteiger partial charge on any atom is 0.263 e. The van der Waals surface area contributed by atoms with Gasteiger partial charge in [-0.2, -0.15) is 19.9 Å². The van der Waals surface area contributed by atoms with Gasteiger partial charge >= 0.3 is 0 Å². The Morgan fingerprint density at radius 2 is 2.00 bits per heavy atom. The highest BCUT2D eigenvalue weighted by molar-refractivity contribution is 6.30. The van der Waals surface area contributed by atoms with Gasteiger partial charge in [-0.1, -0.05) is 11.6 Å². The largest absolute Gasteiger partial charge is 0.312 e. The summed E-state index contributed by atoms with van der Waals surface area (Å²) in [6.45, 7) is 2.00. The van der Waals surface area contributed by atoms with Crippen molar-refractivity contribution in [3.63, 3.8) is 0 Å². The van der Waals surface area contributed by atoms with E-state index in [0.717, 1.165) is 0 Å². The van der Waals surface area contributed by atoms with Crippen molar-refractivity contribution in [2.45, 2.75) is 13.3 Å². The molecule has 0 saturated carbocycles. The molecule has 3 aromatic heterocycles. The predicted octanol–water partition coefficient (Wildman–Crippen LogP) is 1.80. The van der Waals surface area contributed by atoms with E-state index in [2.05, 4.69) is 25.5 Å². The Labute approximate surface area is 192 Å². The van der Waals surface area contributed by atoms with Crippen LogP contribution >= 0.6 is 11.6 Å². The summed E-state index contributed by atoms with van der Waals surface area (Å²) in [7, 11) is 1.68. The molecule has 1 aromatic carbocycles. The summed E-state index contributed by atoms with van der Waals surface area (Å²) in [5.41, 5.74) is 1.32. The second-order valence-electron chi connectivity index (χ2n) is 7.85. The lowest BCUT2D eigenvalue weighted by molar-refractivity contribution is -0.122. The second-order valence-corrected chi connectivity index (χ2v) is 8.29. The van der Waals surface area contributed by atoms with Crippen LogP contribution in [0.3, 0.4) is 0 Å². The highest BCUT2D eigenvalue weighted by Gasteiger charge is 2.35. The SMILES string of the molecule is Cc1cc(NC(=O)C2CC(=O)N(c3ccc(Cl)cc3)C2)n(-c2nc3c(cnn3C)c(=O)[nH]2)n1. The molecular formula is C21H19ClN8O3. The third-order valence-corrected chi connectivity index (χ3v) is 5.76. The van der Waals surface area contributed by atoms with E-state index in [0.29, 0.717) is 33.3 Å². The lowest BCUT2D eigenvalue weighted by atomic mass is 10.1. The molecule has 2 amide bonds. The van der Waals surface area contributed by atoms with Crippen LogP contribution in [0.4, 0.5) is 11.5 Å². The van der Waals surface area contributed by atoms with E-state index in [1.807, 2.05) is 0 Å². The van der Waals surface area contributed by atoms with E-state index < -0.39 is 5.92 Å². The Bertz CT molecular complexity index is 1450. The fourth-order valence-electron chi connectivity index (χ4n) is 3.85. The number of rotatable bonds is 4. The molecule has 2 N–H and O–H groups in total. The number of nitrogens with zero attached hydrogens (tertiary/aromatic N) is 6. The molecule has 1 fully saturated rings. The van der Waals surface area contributed by atoms with Crippen molar-refractivity contribution in [1.82, 2.24) is 29.5 Å². The maximum atomic E-state index is 13.0. The molecule has 4 heterocycles. The van der Waals surface area contributed by atoms with Crippen LogP contribution in [0.1, 0.15) is 12.1 Å². The van der Waals surface area contributed by atoms with Crippen molar-refractivity contribution >= 4 is 46.0 Å². The smallest absolute Gasteiger partial charge is 0.263 e. The van der Waals surface area contributed by atoms with Gasteiger partial charge in [0.2, 0.25) is 17.8 Å². The molecule has 1 unspecified atom stereocenters. The summed E-state index contributed by atoms with van der Waals surface area (Å²) in [5, 5.41) is 12.2. The zero-order valence-corrected chi connectivity index (χ0v) is 18.5. The van der Waals surface area contributed by atoms with E-state index in [-0.39, 0.29) is 36.3 Å². The van der Waals surface area contributed by atoms with Crippen molar-refractivity contribution in [2.75, 3.05) is 16.8 Å². The molecule has 4 aromatic rings. The number of aryl methyl sites for hydroxylation is 2. The summed E-state index contributed by atoms with van der Waals surface area (Å²) in [6, 6.07) is 8.56. The van der Waals surface area contributed by atoms with Crippen LogP contribution in [0.15, 0.2) is 41.3 Å². The van der Waals surface area contributed by atoms with Gasteiger partial charge in [0.05, 0.1) is 17.8 Å². The van der Waals surface area contributed by atoms with E-state index in [1.165, 1.54) is 15.6 Å². The minimum absolute atomic E-state index is 0.0810. The maximum absolute atomic E-state index is 13.0. The molecule has 1 saturated heterocycles. The van der Waals surface area contributed by atoms with Gasteiger partial charge in [0, 0.05) is 36.8 Å². The van der Waals surface area contributed by atoms with Gasteiger partial charge in [0.15, 0.2) is 5.65 Å². The predicted molar refractivity (Wildman–Crippen MR) is 122 cm³/mol. The molecular weight excluding hydrogens is 448 g/mol. The molecule has 0 spiro atoms. The molecule has 168 valence electrons. The first-order valence-electron chi connectivity index (χ1n) is 10.2. The van der Waals surface area contributed by atoms with Crippen molar-refractivity contribution in [3.8, 4) is 5.95 Å². The molecule has 11 nitrogen and oxygen atoms in total. The Morgan fingerprint density at radius 1 is 1.24 bits per heavy atom. The molecule has 0 bridgehead atoms. The van der Waals surface area contributed by atoms with Crippen molar-refractivity contribution in [2.24, 2.45) is 13.0 Å². The number of H-pyrrole nitrogens is 1. The number of anilines is 2. The van der Waals surface area contributed by atoms with Crippen LogP contribution in [0.5, 0.6) is 0 Å². The number of aromatic nitrogens is 6. The molecule has 1 aliphatic heterocycles. The van der Waals surface area contributed by atoms with Crippen molar-refractivity contribution in [1.29, 1.82) is 0 Å². The summed E-state index contributed by atoms with van der Waals surface area (Å²) >= 11 is 5.93. The van der Waals surface area contributed by atoms with Gasteiger partial charge in [-0.3, -0.25) is 24.0 Å². The van der Waals surface area contributed by atoms with Crippen LogP contribution in [0.2, 0.25) is 5.02 Å². The average Bonchev–Trinajstić information content (AvgIpc) is 3.46. The monoisotopic (exact) mass is 466 g/mol. The van der Waals surface area contributed by atoms with Crippen LogP contribution in [-0.4, -0.2) is 47.9 Å². The lowest BCUT2D eigenvalue weighted by Crippen LogP contribution is -2.28. The number of hydrogen-bond acceptors (Lipinski definition) is 6. The molecule has 1 atom stereocenters.